The van der Waals surface area contributed by atoms with Crippen LogP contribution >= 0.6 is 15.9 Å². The summed E-state index contributed by atoms with van der Waals surface area (Å²) < 4.78 is 8.54. The molecule has 1 fully saturated rings. The van der Waals surface area contributed by atoms with Gasteiger partial charge in [0.15, 0.2) is 0 Å². The van der Waals surface area contributed by atoms with E-state index in [0.717, 1.165) is 55.2 Å². The maximum absolute atomic E-state index is 12.4. The lowest BCUT2D eigenvalue weighted by molar-refractivity contribution is 0.0952. The van der Waals surface area contributed by atoms with Gasteiger partial charge in [0.25, 0.3) is 11.5 Å². The molecule has 0 unspecified atom stereocenters. The Balaban J connectivity index is 1.31. The predicted molar refractivity (Wildman–Crippen MR) is 145 cm³/mol. The number of likely N-dealkylation sites (tertiary alicyclic amines) is 1. The van der Waals surface area contributed by atoms with Gasteiger partial charge in [-0.15, -0.1) is 0 Å². The van der Waals surface area contributed by atoms with E-state index in [-0.39, 0.29) is 16.9 Å². The zero-order valence-corrected chi connectivity index (χ0v) is 22.1. The summed E-state index contributed by atoms with van der Waals surface area (Å²) in [6.07, 6.45) is 2.69. The molecule has 1 saturated heterocycles. The summed E-state index contributed by atoms with van der Waals surface area (Å²) in [5, 5.41) is 14.0. The van der Waals surface area contributed by atoms with Crippen molar-refractivity contribution >= 4 is 28.1 Å². The number of aromatic nitrogens is 1. The van der Waals surface area contributed by atoms with E-state index in [1.165, 1.54) is 12.1 Å². The first-order valence-electron chi connectivity index (χ1n) is 12.4. The predicted octanol–water partition coefficient (Wildman–Crippen LogP) is 4.10. The number of benzene rings is 2. The van der Waals surface area contributed by atoms with Crippen LogP contribution < -0.4 is 15.7 Å². The summed E-state index contributed by atoms with van der Waals surface area (Å²) in [7, 11) is 0. The third kappa shape index (κ3) is 5.62. The van der Waals surface area contributed by atoms with E-state index in [2.05, 4.69) is 37.4 Å². The van der Waals surface area contributed by atoms with E-state index in [9.17, 15) is 14.7 Å². The van der Waals surface area contributed by atoms with Gasteiger partial charge in [-0.25, -0.2) is 5.43 Å². The Kier molecular flexibility index (Phi) is 7.43. The van der Waals surface area contributed by atoms with Gasteiger partial charge < -0.3 is 14.4 Å². The molecule has 8 nitrogen and oxygen atoms in total. The van der Waals surface area contributed by atoms with Crippen molar-refractivity contribution in [2.24, 2.45) is 11.0 Å². The Hall–Kier alpha value is -3.43. The van der Waals surface area contributed by atoms with E-state index in [1.54, 1.807) is 18.3 Å². The van der Waals surface area contributed by atoms with Gasteiger partial charge in [-0.2, -0.15) is 5.10 Å². The number of ether oxygens (including phenoxy) is 1. The molecule has 2 aliphatic heterocycles. The standard InChI is InChI=1S/C28H29BrN4O4/c1-2-37-26-9-6-18(13-30-31-28(36)23-12-22(29)7-8-25(23)34)10-21(26)17-32-14-19-11-20(16-32)24-4-3-5-27(35)33(24)15-19/h3-10,12-13,19-20,34H,2,11,14-17H2,1H3,(H,31,36)/b30-13-/t19-,20+/m1/s1. The Labute approximate surface area is 223 Å². The van der Waals surface area contributed by atoms with E-state index in [4.69, 9.17) is 4.74 Å². The molecule has 3 aromatic rings. The fraction of sp³-hybridized carbons (Fsp3) is 0.321. The van der Waals surface area contributed by atoms with Crippen LogP contribution in [-0.4, -0.2) is 46.4 Å². The number of hydrogen-bond acceptors (Lipinski definition) is 6. The van der Waals surface area contributed by atoms with Gasteiger partial charge >= 0.3 is 0 Å². The number of piperidine rings is 1. The summed E-state index contributed by atoms with van der Waals surface area (Å²) >= 11 is 3.30. The zero-order valence-electron chi connectivity index (χ0n) is 20.6. The first kappa shape index (κ1) is 25.2. The van der Waals surface area contributed by atoms with Gasteiger partial charge in [0.1, 0.15) is 11.5 Å². The average Bonchev–Trinajstić information content (AvgIpc) is 2.87. The van der Waals surface area contributed by atoms with Crippen LogP contribution in [0.1, 0.15) is 46.4 Å². The number of halogens is 1. The Morgan fingerprint density at radius 2 is 2.05 bits per heavy atom. The number of phenolic OH excluding ortho intramolecular Hbond substituents is 1. The van der Waals surface area contributed by atoms with Crippen molar-refractivity contribution in [3.05, 3.63) is 91.8 Å². The highest BCUT2D eigenvalue weighted by atomic mass is 79.9. The van der Waals surface area contributed by atoms with Crippen LogP contribution in [0, 0.1) is 5.92 Å². The normalized spacial score (nSPS) is 19.0. The monoisotopic (exact) mass is 564 g/mol. The molecule has 3 heterocycles. The van der Waals surface area contributed by atoms with Gasteiger partial charge in [0.2, 0.25) is 0 Å². The number of pyridine rings is 1. The molecule has 0 radical (unpaired) electrons. The molecule has 1 aromatic heterocycles. The highest BCUT2D eigenvalue weighted by Crippen LogP contribution is 2.36. The smallest absolute Gasteiger partial charge is 0.275 e. The molecule has 2 aromatic carbocycles. The Bertz CT molecular complexity index is 1400. The molecule has 2 aliphatic rings. The van der Waals surface area contributed by atoms with Crippen LogP contribution in [0.4, 0.5) is 0 Å². The van der Waals surface area contributed by atoms with Gasteiger partial charge in [-0.3, -0.25) is 14.5 Å². The molecule has 0 aliphatic carbocycles. The van der Waals surface area contributed by atoms with Crippen molar-refractivity contribution in [1.82, 2.24) is 14.9 Å². The Morgan fingerprint density at radius 3 is 2.89 bits per heavy atom. The van der Waals surface area contributed by atoms with Gasteiger partial charge in [-0.05, 0) is 67.3 Å². The number of nitrogens with one attached hydrogen (secondary N) is 1. The van der Waals surface area contributed by atoms with E-state index >= 15 is 0 Å². The number of aromatic hydroxyl groups is 1. The minimum atomic E-state index is -0.500. The maximum Gasteiger partial charge on any atom is 0.275 e. The molecule has 2 bridgehead atoms. The number of rotatable bonds is 7. The van der Waals surface area contributed by atoms with Crippen molar-refractivity contribution < 1.29 is 14.6 Å². The SMILES string of the molecule is CCOc1ccc(/C=N\NC(=O)c2cc(Br)ccc2O)cc1CN1C[C@H]2C[C@@H](C1)c1cccc(=O)n1C2. The highest BCUT2D eigenvalue weighted by Gasteiger charge is 2.34. The average molecular weight is 565 g/mol. The van der Waals surface area contributed by atoms with Crippen LogP contribution in [-0.2, 0) is 13.1 Å². The minimum absolute atomic E-state index is 0.0912. The lowest BCUT2D eigenvalue weighted by Gasteiger charge is -2.43. The van der Waals surface area contributed by atoms with Crippen molar-refractivity contribution in [2.45, 2.75) is 32.4 Å². The number of hydrogen-bond donors (Lipinski definition) is 2. The van der Waals surface area contributed by atoms with Crippen LogP contribution in [0.5, 0.6) is 11.5 Å². The van der Waals surface area contributed by atoms with Crippen LogP contribution in [0.15, 0.2) is 69.0 Å². The number of carbonyl (C=O) groups excluding carboxylic acids is 1. The molecule has 37 heavy (non-hydrogen) atoms. The third-order valence-electron chi connectivity index (χ3n) is 6.92. The van der Waals surface area contributed by atoms with Gasteiger partial charge in [0.05, 0.1) is 18.4 Å². The molecule has 5 rings (SSSR count). The summed E-state index contributed by atoms with van der Waals surface area (Å²) in [6.45, 7) is 5.82. The maximum atomic E-state index is 12.4. The van der Waals surface area contributed by atoms with Crippen LogP contribution in [0.3, 0.4) is 0 Å². The number of amides is 1. The van der Waals surface area contributed by atoms with Crippen LogP contribution in [0.2, 0.25) is 0 Å². The van der Waals surface area contributed by atoms with E-state index < -0.39 is 5.91 Å². The number of hydrazone groups is 1. The quantitative estimate of drug-likeness (QED) is 0.332. The number of nitrogens with zero attached hydrogens (tertiary/aromatic N) is 3. The minimum Gasteiger partial charge on any atom is -0.507 e. The molecular formula is C28H29BrN4O4. The van der Waals surface area contributed by atoms with Crippen molar-refractivity contribution in [2.75, 3.05) is 19.7 Å². The van der Waals surface area contributed by atoms with Crippen molar-refractivity contribution in [1.29, 1.82) is 0 Å². The molecule has 1 amide bonds. The van der Waals surface area contributed by atoms with Crippen LogP contribution in [0.25, 0.3) is 0 Å². The molecule has 0 spiro atoms. The molecule has 9 heteroatoms. The van der Waals surface area contributed by atoms with E-state index in [0.29, 0.717) is 22.9 Å². The first-order valence-corrected chi connectivity index (χ1v) is 13.2. The van der Waals surface area contributed by atoms with Gasteiger partial charge in [-0.1, -0.05) is 22.0 Å². The number of carbonyl (C=O) groups is 1. The lowest BCUT2D eigenvalue weighted by atomic mass is 9.83. The number of phenols is 1. The van der Waals surface area contributed by atoms with Crippen molar-refractivity contribution in [3.8, 4) is 11.5 Å². The zero-order chi connectivity index (χ0) is 25.9. The molecular weight excluding hydrogens is 536 g/mol. The summed E-state index contributed by atoms with van der Waals surface area (Å²) in [5.41, 5.74) is 5.71. The topological polar surface area (TPSA) is 96.2 Å². The molecule has 192 valence electrons. The molecule has 2 atom stereocenters. The fourth-order valence-electron chi connectivity index (χ4n) is 5.38. The summed E-state index contributed by atoms with van der Waals surface area (Å²) in [5.74, 6) is 0.997. The first-order chi connectivity index (χ1) is 17.9. The second kappa shape index (κ2) is 10.9. The molecule has 0 saturated carbocycles. The van der Waals surface area contributed by atoms with E-state index in [1.807, 2.05) is 35.8 Å². The second-order valence-electron chi connectivity index (χ2n) is 9.55. The fourth-order valence-corrected chi connectivity index (χ4v) is 5.74. The Morgan fingerprint density at radius 1 is 1.19 bits per heavy atom. The van der Waals surface area contributed by atoms with Gasteiger partial charge in [0, 0.05) is 53.9 Å². The third-order valence-corrected chi connectivity index (χ3v) is 7.41. The highest BCUT2D eigenvalue weighted by molar-refractivity contribution is 9.10. The number of fused-ring (bicyclic) bond motifs is 4. The summed E-state index contributed by atoms with van der Waals surface area (Å²) in [6, 6.07) is 16.1. The summed E-state index contributed by atoms with van der Waals surface area (Å²) in [4.78, 5) is 27.2. The second-order valence-corrected chi connectivity index (χ2v) is 10.5. The molecule has 2 N–H and O–H groups in total. The van der Waals surface area contributed by atoms with Crippen molar-refractivity contribution in [3.63, 3.8) is 0 Å². The lowest BCUT2D eigenvalue weighted by Crippen LogP contribution is -2.46. The largest absolute Gasteiger partial charge is 0.507 e.